The van der Waals surface area contributed by atoms with Crippen LogP contribution in [0.4, 0.5) is 5.69 Å². The smallest absolute Gasteiger partial charge is 0.273 e. The lowest BCUT2D eigenvalue weighted by atomic mass is 9.94. The van der Waals surface area contributed by atoms with Crippen LogP contribution in [0.25, 0.3) is 0 Å². The van der Waals surface area contributed by atoms with Gasteiger partial charge < -0.3 is 0 Å². The first-order chi connectivity index (χ1) is 8.41. The van der Waals surface area contributed by atoms with Gasteiger partial charge in [-0.15, -0.1) is 11.6 Å². The van der Waals surface area contributed by atoms with Crippen molar-refractivity contribution in [2.75, 3.05) is 0 Å². The van der Waals surface area contributed by atoms with Crippen molar-refractivity contribution in [3.05, 3.63) is 39.4 Å². The van der Waals surface area contributed by atoms with Crippen molar-refractivity contribution in [3.63, 3.8) is 0 Å². The van der Waals surface area contributed by atoms with Gasteiger partial charge in [0.1, 0.15) is 5.38 Å². The van der Waals surface area contributed by atoms with Crippen molar-refractivity contribution in [3.8, 4) is 0 Å². The maximum absolute atomic E-state index is 11.6. The van der Waals surface area contributed by atoms with Crippen LogP contribution >= 0.6 is 11.6 Å². The maximum Gasteiger partial charge on any atom is 0.273 e. The highest BCUT2D eigenvalue weighted by molar-refractivity contribution is 6.37. The minimum atomic E-state index is -1.11. The maximum atomic E-state index is 11.6. The lowest BCUT2D eigenvalue weighted by molar-refractivity contribution is -0.385. The Morgan fingerprint density at radius 2 is 2.00 bits per heavy atom. The molecule has 0 spiro atoms. The number of carbonyl (C=O) groups excluding carboxylic acids is 2. The van der Waals surface area contributed by atoms with Crippen molar-refractivity contribution in [1.29, 1.82) is 0 Å². The first kappa shape index (κ1) is 12.5. The predicted octanol–water partition coefficient (Wildman–Crippen LogP) is 1.25. The van der Waals surface area contributed by atoms with Crippen molar-refractivity contribution in [2.24, 2.45) is 0 Å². The van der Waals surface area contributed by atoms with E-state index in [2.05, 4.69) is 5.32 Å². The largest absolute Gasteiger partial charge is 0.295 e. The molecule has 1 saturated heterocycles. The van der Waals surface area contributed by atoms with Crippen LogP contribution in [0.1, 0.15) is 17.0 Å². The van der Waals surface area contributed by atoms with Gasteiger partial charge >= 0.3 is 0 Å². The van der Waals surface area contributed by atoms with E-state index in [1.165, 1.54) is 12.1 Å². The average molecular weight is 269 g/mol. The highest BCUT2D eigenvalue weighted by Crippen LogP contribution is 2.35. The molecule has 0 aliphatic carbocycles. The van der Waals surface area contributed by atoms with E-state index in [0.29, 0.717) is 5.56 Å². The Bertz CT molecular complexity index is 558. The van der Waals surface area contributed by atoms with Crippen LogP contribution in [0.15, 0.2) is 18.2 Å². The predicted molar refractivity (Wildman–Crippen MR) is 63.4 cm³/mol. The highest BCUT2D eigenvalue weighted by atomic mass is 35.5. The average Bonchev–Trinajstić information content (AvgIpc) is 2.54. The van der Waals surface area contributed by atoms with Crippen LogP contribution in [0.2, 0.25) is 0 Å². The first-order valence-corrected chi connectivity index (χ1v) is 5.59. The minimum absolute atomic E-state index is 0.161. The number of benzene rings is 1. The third-order valence-corrected chi connectivity index (χ3v) is 3.24. The van der Waals surface area contributed by atoms with E-state index in [4.69, 9.17) is 11.6 Å². The highest BCUT2D eigenvalue weighted by Gasteiger charge is 2.44. The first-order valence-electron chi connectivity index (χ1n) is 5.15. The minimum Gasteiger partial charge on any atom is -0.295 e. The Labute approximate surface area is 107 Å². The number of imide groups is 1. The SMILES string of the molecule is Cc1ccc(C2C(=O)NC(=O)C2Cl)c([N+](=O)[O-])c1. The molecule has 0 aromatic heterocycles. The molecule has 1 N–H and O–H groups in total. The quantitative estimate of drug-likeness (QED) is 0.378. The molecule has 1 aliphatic heterocycles. The summed E-state index contributed by atoms with van der Waals surface area (Å²) in [6, 6.07) is 4.46. The van der Waals surface area contributed by atoms with Crippen molar-refractivity contribution in [1.82, 2.24) is 5.32 Å². The van der Waals surface area contributed by atoms with E-state index in [0.717, 1.165) is 0 Å². The number of carbonyl (C=O) groups is 2. The number of nitrogens with one attached hydrogen (secondary N) is 1. The molecule has 2 atom stereocenters. The molecule has 1 aromatic carbocycles. The molecule has 1 heterocycles. The molecule has 7 heteroatoms. The summed E-state index contributed by atoms with van der Waals surface area (Å²) in [5, 5.41) is 11.9. The van der Waals surface area contributed by atoms with Gasteiger partial charge in [0, 0.05) is 11.6 Å². The van der Waals surface area contributed by atoms with Crippen LogP contribution in [-0.4, -0.2) is 22.1 Å². The third kappa shape index (κ3) is 1.95. The van der Waals surface area contributed by atoms with Crippen molar-refractivity contribution < 1.29 is 14.5 Å². The number of hydrogen-bond donors (Lipinski definition) is 1. The molecule has 1 aromatic rings. The number of nitro groups is 1. The summed E-state index contributed by atoms with van der Waals surface area (Å²) >= 11 is 5.82. The monoisotopic (exact) mass is 268 g/mol. The summed E-state index contributed by atoms with van der Waals surface area (Å²) in [5.41, 5.74) is 0.658. The fourth-order valence-corrected chi connectivity index (χ4v) is 2.23. The molecular weight excluding hydrogens is 260 g/mol. The van der Waals surface area contributed by atoms with Gasteiger partial charge in [-0.25, -0.2) is 0 Å². The number of nitrogens with zero attached hydrogens (tertiary/aromatic N) is 1. The molecule has 1 fully saturated rings. The number of aryl methyl sites for hydroxylation is 1. The van der Waals surface area contributed by atoms with Gasteiger partial charge in [-0.05, 0) is 12.5 Å². The third-order valence-electron chi connectivity index (χ3n) is 2.79. The van der Waals surface area contributed by atoms with Crippen LogP contribution in [-0.2, 0) is 9.59 Å². The molecule has 0 saturated carbocycles. The molecule has 0 bridgehead atoms. The van der Waals surface area contributed by atoms with Gasteiger partial charge in [-0.2, -0.15) is 0 Å². The number of amides is 2. The molecule has 2 rings (SSSR count). The van der Waals surface area contributed by atoms with Crippen molar-refractivity contribution >= 4 is 29.1 Å². The Morgan fingerprint density at radius 3 is 2.50 bits per heavy atom. The van der Waals surface area contributed by atoms with E-state index in [9.17, 15) is 19.7 Å². The summed E-state index contributed by atoms with van der Waals surface area (Å²) < 4.78 is 0. The normalized spacial score (nSPS) is 23.0. The van der Waals surface area contributed by atoms with Crippen LogP contribution in [0, 0.1) is 17.0 Å². The fourth-order valence-electron chi connectivity index (χ4n) is 1.93. The lowest BCUT2D eigenvalue weighted by Gasteiger charge is -2.10. The number of rotatable bonds is 2. The fraction of sp³-hybridized carbons (Fsp3) is 0.273. The Balaban J connectivity index is 2.54. The van der Waals surface area contributed by atoms with Gasteiger partial charge in [0.05, 0.1) is 10.8 Å². The molecule has 2 unspecified atom stereocenters. The van der Waals surface area contributed by atoms with Gasteiger partial charge in [-0.3, -0.25) is 25.0 Å². The van der Waals surface area contributed by atoms with Crippen LogP contribution < -0.4 is 5.32 Å². The van der Waals surface area contributed by atoms with E-state index >= 15 is 0 Å². The number of hydrogen-bond acceptors (Lipinski definition) is 4. The molecule has 6 nitrogen and oxygen atoms in total. The van der Waals surface area contributed by atoms with Gasteiger partial charge in [0.25, 0.3) is 5.69 Å². The van der Waals surface area contributed by atoms with E-state index in [-0.39, 0.29) is 11.3 Å². The Morgan fingerprint density at radius 1 is 1.33 bits per heavy atom. The number of alkyl halides is 1. The second-order valence-electron chi connectivity index (χ2n) is 4.05. The Kier molecular flexibility index (Phi) is 3.04. The van der Waals surface area contributed by atoms with Crippen LogP contribution in [0.5, 0.6) is 0 Å². The zero-order valence-electron chi connectivity index (χ0n) is 9.34. The van der Waals surface area contributed by atoms with E-state index in [1.807, 2.05) is 0 Å². The summed E-state index contributed by atoms with van der Waals surface area (Å²) in [6.45, 7) is 1.70. The molecule has 1 aliphatic rings. The van der Waals surface area contributed by atoms with E-state index in [1.54, 1.807) is 13.0 Å². The summed E-state index contributed by atoms with van der Waals surface area (Å²) in [4.78, 5) is 33.3. The summed E-state index contributed by atoms with van der Waals surface area (Å²) in [7, 11) is 0. The topological polar surface area (TPSA) is 89.3 Å². The van der Waals surface area contributed by atoms with Gasteiger partial charge in [-0.1, -0.05) is 12.1 Å². The summed E-state index contributed by atoms with van der Waals surface area (Å²) in [5.74, 6) is -2.24. The lowest BCUT2D eigenvalue weighted by Crippen LogP contribution is -2.22. The molecule has 2 amide bonds. The second-order valence-corrected chi connectivity index (χ2v) is 4.52. The molecule has 0 radical (unpaired) electrons. The van der Waals surface area contributed by atoms with Crippen molar-refractivity contribution in [2.45, 2.75) is 18.2 Å². The zero-order valence-corrected chi connectivity index (χ0v) is 10.1. The zero-order chi connectivity index (χ0) is 13.4. The van der Waals surface area contributed by atoms with E-state index < -0.39 is 28.0 Å². The van der Waals surface area contributed by atoms with Crippen LogP contribution in [0.3, 0.4) is 0 Å². The number of halogens is 1. The second kappa shape index (κ2) is 4.38. The Hall–Kier alpha value is -1.95. The van der Waals surface area contributed by atoms with Gasteiger partial charge in [0.2, 0.25) is 11.8 Å². The number of nitro benzene ring substituents is 1. The molecular formula is C11H9ClN2O4. The van der Waals surface area contributed by atoms with Gasteiger partial charge in [0.15, 0.2) is 0 Å². The summed E-state index contributed by atoms with van der Waals surface area (Å²) in [6.07, 6.45) is 0. The molecule has 94 valence electrons. The molecule has 18 heavy (non-hydrogen) atoms. The standard InChI is InChI=1S/C11H9ClN2O4/c1-5-2-3-6(7(4-5)14(17)18)8-9(12)11(16)13-10(8)15/h2-4,8-9H,1H3,(H,13,15,16).